The first-order valence-corrected chi connectivity index (χ1v) is 22.1. The summed E-state index contributed by atoms with van der Waals surface area (Å²) in [4.78, 5) is 3.90. The van der Waals surface area contributed by atoms with E-state index in [1.54, 1.807) is 42.6 Å². The van der Waals surface area contributed by atoms with Crippen LogP contribution in [0, 0.1) is 0 Å². The molecule has 0 spiro atoms. The van der Waals surface area contributed by atoms with Gasteiger partial charge in [0.25, 0.3) is 9.05 Å². The number of halogens is 17. The van der Waals surface area contributed by atoms with Crippen LogP contribution in [0.2, 0.25) is 20.1 Å². The molecule has 63 heavy (non-hydrogen) atoms. The van der Waals surface area contributed by atoms with Crippen LogP contribution in [0.1, 0.15) is 22.3 Å². The quantitative estimate of drug-likeness (QED) is 0.0888. The highest BCUT2D eigenvalue weighted by Crippen LogP contribution is 2.40. The minimum atomic E-state index is -5.03. The SMILES string of the molecule is NC(Cc1c[nH]c2ccccc12)C(F)(F)F.O=S(=O)(Cl)c1c(Cl)cc(C(F)(F)F)cc1Cl.O=S(=O)(NC(Cc1c[nH]c2ccccc12)C(F)(F)F)c1c(Cl)cc(C(F)(F)F)cc1Cl. The number of para-hydroxylation sites is 2. The van der Waals surface area contributed by atoms with Crippen molar-refractivity contribution < 1.29 is 69.5 Å². The molecule has 2 aromatic heterocycles. The number of sulfonamides is 1. The second kappa shape index (κ2) is 19.5. The molecule has 0 fully saturated rings. The Labute approximate surface area is 373 Å². The van der Waals surface area contributed by atoms with Gasteiger partial charge in [-0.05, 0) is 60.4 Å². The smallest absolute Gasteiger partial charge is 0.361 e. The molecule has 8 nitrogen and oxygen atoms in total. The van der Waals surface area contributed by atoms with Crippen molar-refractivity contribution in [3.05, 3.63) is 128 Å². The standard InChI is InChI=1S/C18H12Cl2F6N2O2S.C11H11F3N2.C7H2Cl3F3O2S/c19-12-6-10(17(21,22)23)7-13(20)16(12)31(29,30)28-15(18(24,25)26)5-9-8-27-14-4-2-1-3-11(9)14;12-11(13,14)10(15)5-7-6-16-9-4-2-1-3-8(7)9;8-4-1-3(7(11,12)13)2-5(9)6(4)16(10,14)15/h1-4,6-8,15,27-28H,5H2;1-4,6,10,16H,5,15H2;1-2H. The van der Waals surface area contributed by atoms with Crippen LogP contribution in [0.3, 0.4) is 0 Å². The lowest BCUT2D eigenvalue weighted by Gasteiger charge is -2.22. The van der Waals surface area contributed by atoms with Gasteiger partial charge in [0.15, 0.2) is 0 Å². The van der Waals surface area contributed by atoms with Gasteiger partial charge in [-0.15, -0.1) is 0 Å². The van der Waals surface area contributed by atoms with E-state index in [2.05, 4.69) is 9.97 Å². The van der Waals surface area contributed by atoms with Crippen LogP contribution < -0.4 is 10.5 Å². The van der Waals surface area contributed by atoms with E-state index in [0.29, 0.717) is 28.6 Å². The zero-order valence-corrected chi connectivity index (χ0v) is 36.0. The van der Waals surface area contributed by atoms with Crippen LogP contribution in [-0.2, 0) is 44.3 Å². The van der Waals surface area contributed by atoms with Gasteiger partial charge in [0, 0.05) is 44.9 Å². The van der Waals surface area contributed by atoms with Gasteiger partial charge in [-0.25, -0.2) is 16.8 Å². The van der Waals surface area contributed by atoms with Crippen molar-refractivity contribution in [3.63, 3.8) is 0 Å². The minimum Gasteiger partial charge on any atom is -0.361 e. The van der Waals surface area contributed by atoms with Crippen molar-refractivity contribution >= 4 is 98.0 Å². The van der Waals surface area contributed by atoms with E-state index in [0.717, 1.165) is 10.9 Å². The molecule has 0 saturated carbocycles. The van der Waals surface area contributed by atoms with E-state index < -0.39 is 103 Å². The first-order chi connectivity index (χ1) is 28.7. The maximum Gasteiger partial charge on any atom is 0.416 e. The molecule has 2 atom stereocenters. The van der Waals surface area contributed by atoms with Gasteiger partial charge >= 0.3 is 24.7 Å². The topological polar surface area (TPSA) is 138 Å². The number of hydrogen-bond donors (Lipinski definition) is 4. The molecule has 6 aromatic rings. The Kier molecular flexibility index (Phi) is 16.1. The van der Waals surface area contributed by atoms with E-state index in [1.807, 2.05) is 12.1 Å². The normalized spacial score (nSPS) is 13.9. The molecule has 0 bridgehead atoms. The summed E-state index contributed by atoms with van der Waals surface area (Å²) in [5, 5.41) is -2.01. The van der Waals surface area contributed by atoms with E-state index in [1.165, 1.54) is 10.9 Å². The van der Waals surface area contributed by atoms with Gasteiger partial charge < -0.3 is 15.7 Å². The van der Waals surface area contributed by atoms with Crippen molar-refractivity contribution in [1.29, 1.82) is 0 Å². The zero-order chi connectivity index (χ0) is 47.7. The Morgan fingerprint density at radius 2 is 0.937 bits per heavy atom. The van der Waals surface area contributed by atoms with E-state index in [9.17, 15) is 69.5 Å². The van der Waals surface area contributed by atoms with Crippen molar-refractivity contribution in [2.24, 2.45) is 5.73 Å². The summed E-state index contributed by atoms with van der Waals surface area (Å²) in [6, 6.07) is 10.7. The highest BCUT2D eigenvalue weighted by molar-refractivity contribution is 8.14. The molecule has 6 rings (SSSR count). The molecule has 4 aromatic carbocycles. The van der Waals surface area contributed by atoms with Crippen LogP contribution in [0.15, 0.2) is 95.0 Å². The summed E-state index contributed by atoms with van der Waals surface area (Å²) in [5.74, 6) is 0. The Morgan fingerprint density at radius 3 is 1.29 bits per heavy atom. The van der Waals surface area contributed by atoms with Crippen molar-refractivity contribution in [1.82, 2.24) is 14.7 Å². The molecule has 2 heterocycles. The summed E-state index contributed by atoms with van der Waals surface area (Å²) in [6.07, 6.45) is -17.0. The van der Waals surface area contributed by atoms with Gasteiger partial charge in [0.1, 0.15) is 21.9 Å². The highest BCUT2D eigenvalue weighted by atomic mass is 35.7. The molecular formula is C36H25Cl5F12N4O4S2. The Morgan fingerprint density at radius 1 is 0.571 bits per heavy atom. The molecule has 0 aliphatic carbocycles. The summed E-state index contributed by atoms with van der Waals surface area (Å²) in [7, 11) is -4.36. The average Bonchev–Trinajstić information content (AvgIpc) is 3.73. The third kappa shape index (κ3) is 13.5. The lowest BCUT2D eigenvalue weighted by Crippen LogP contribution is -2.46. The average molecular weight is 1050 g/mol. The van der Waals surface area contributed by atoms with Crippen LogP contribution in [0.25, 0.3) is 21.8 Å². The number of rotatable bonds is 8. The molecular weight excluding hydrogens is 1020 g/mol. The predicted molar refractivity (Wildman–Crippen MR) is 214 cm³/mol. The Hall–Kier alpha value is -3.61. The number of hydrogen-bond acceptors (Lipinski definition) is 5. The first-order valence-electron chi connectivity index (χ1n) is 16.8. The zero-order valence-electron chi connectivity index (χ0n) is 30.6. The molecule has 5 N–H and O–H groups in total. The number of benzene rings is 4. The second-order valence-corrected chi connectivity index (χ2v) is 18.7. The van der Waals surface area contributed by atoms with Crippen LogP contribution in [0.4, 0.5) is 52.7 Å². The monoisotopic (exact) mass is 1040 g/mol. The van der Waals surface area contributed by atoms with Crippen molar-refractivity contribution in [2.75, 3.05) is 0 Å². The third-order valence-corrected chi connectivity index (χ3v) is 13.1. The molecule has 0 saturated heterocycles. The Balaban J connectivity index is 0.000000229. The molecule has 2 unspecified atom stereocenters. The summed E-state index contributed by atoms with van der Waals surface area (Å²) in [6.45, 7) is 0. The van der Waals surface area contributed by atoms with Gasteiger partial charge in [-0.1, -0.05) is 82.8 Å². The van der Waals surface area contributed by atoms with Crippen molar-refractivity contribution in [2.45, 2.75) is 59.4 Å². The van der Waals surface area contributed by atoms with Gasteiger partial charge in [0.2, 0.25) is 10.0 Å². The first kappa shape index (κ1) is 52.0. The maximum atomic E-state index is 13.6. The number of H-pyrrole nitrogens is 2. The number of nitrogens with one attached hydrogen (secondary N) is 3. The Bertz CT molecular complexity index is 2770. The molecule has 0 radical (unpaired) electrons. The molecule has 0 aliphatic heterocycles. The predicted octanol–water partition coefficient (Wildman–Crippen LogP) is 12.5. The van der Waals surface area contributed by atoms with Gasteiger partial charge in [-0.3, -0.25) is 0 Å². The number of alkyl halides is 12. The van der Waals surface area contributed by atoms with Crippen LogP contribution >= 0.6 is 57.1 Å². The number of aromatic nitrogens is 2. The third-order valence-electron chi connectivity index (χ3n) is 8.49. The number of fused-ring (bicyclic) bond motifs is 2. The van der Waals surface area contributed by atoms with E-state index >= 15 is 0 Å². The van der Waals surface area contributed by atoms with Crippen molar-refractivity contribution in [3.8, 4) is 0 Å². The molecule has 27 heteroatoms. The lowest BCUT2D eigenvalue weighted by molar-refractivity contribution is -0.151. The van der Waals surface area contributed by atoms with Gasteiger partial charge in [-0.2, -0.15) is 57.4 Å². The maximum absolute atomic E-state index is 13.6. The summed E-state index contributed by atoms with van der Waals surface area (Å²) < 4.78 is 202. The van der Waals surface area contributed by atoms with Crippen LogP contribution in [-0.4, -0.2) is 51.2 Å². The number of aromatic amines is 2. The number of nitrogens with two attached hydrogens (primary N) is 1. The fourth-order valence-electron chi connectivity index (χ4n) is 5.58. The fourth-order valence-corrected chi connectivity index (χ4v) is 10.4. The van der Waals surface area contributed by atoms with Gasteiger partial charge in [0.05, 0.1) is 31.2 Å². The highest BCUT2D eigenvalue weighted by Gasteiger charge is 2.44. The van der Waals surface area contributed by atoms with Crippen LogP contribution in [0.5, 0.6) is 0 Å². The molecule has 0 amide bonds. The second-order valence-electron chi connectivity index (χ2n) is 13.0. The van der Waals surface area contributed by atoms with E-state index in [-0.39, 0.29) is 24.1 Å². The minimum absolute atomic E-state index is 0.185. The summed E-state index contributed by atoms with van der Waals surface area (Å²) >= 11 is 22.1. The lowest BCUT2D eigenvalue weighted by atomic mass is 10.1. The fraction of sp³-hybridized carbons (Fsp3) is 0.222. The summed E-state index contributed by atoms with van der Waals surface area (Å²) in [5.41, 5.74) is 4.77. The van der Waals surface area contributed by atoms with E-state index in [4.69, 9.17) is 62.8 Å². The molecule has 0 aliphatic rings. The largest absolute Gasteiger partial charge is 0.416 e. The molecule has 344 valence electrons.